The Labute approximate surface area is 206 Å². The van der Waals surface area contributed by atoms with E-state index in [1.54, 1.807) is 24.0 Å². The van der Waals surface area contributed by atoms with Crippen molar-refractivity contribution in [2.75, 3.05) is 26.2 Å². The Kier molecular flexibility index (Phi) is 7.15. The largest absolute Gasteiger partial charge is 0.373 e. The maximum absolute atomic E-state index is 10.0. The summed E-state index contributed by atoms with van der Waals surface area (Å²) in [5.74, 6) is 0.742. The van der Waals surface area contributed by atoms with E-state index < -0.39 is 6.23 Å². The number of fused-ring (bicyclic) bond motifs is 1. The molecule has 0 aliphatic carbocycles. The minimum atomic E-state index is -0.683. The molecule has 0 bridgehead atoms. The van der Waals surface area contributed by atoms with Crippen LogP contribution in [0.15, 0.2) is 73.2 Å². The van der Waals surface area contributed by atoms with Gasteiger partial charge in [-0.15, -0.1) is 0 Å². The molecule has 2 aromatic heterocycles. The minimum absolute atomic E-state index is 0.177. The van der Waals surface area contributed by atoms with Gasteiger partial charge in [0.2, 0.25) is 0 Å². The molecule has 2 aromatic carbocycles. The normalized spacial score (nSPS) is 18.3. The van der Waals surface area contributed by atoms with Crippen molar-refractivity contribution in [1.82, 2.24) is 34.6 Å². The molecule has 2 unspecified atom stereocenters. The number of rotatable bonds is 8. The summed E-state index contributed by atoms with van der Waals surface area (Å²) in [5.41, 5.74) is 3.96. The van der Waals surface area contributed by atoms with Crippen molar-refractivity contribution >= 4 is 11.2 Å². The van der Waals surface area contributed by atoms with Gasteiger partial charge in [0.1, 0.15) is 17.6 Å². The van der Waals surface area contributed by atoms with E-state index in [2.05, 4.69) is 92.7 Å². The molecule has 5 rings (SSSR count). The molecule has 0 spiro atoms. The fourth-order valence-corrected chi connectivity index (χ4v) is 4.98. The maximum atomic E-state index is 10.0. The van der Waals surface area contributed by atoms with E-state index in [9.17, 15) is 5.11 Å². The van der Waals surface area contributed by atoms with Gasteiger partial charge in [-0.3, -0.25) is 14.4 Å². The van der Waals surface area contributed by atoms with E-state index in [0.717, 1.165) is 32.0 Å². The molecule has 0 radical (unpaired) electrons. The molecule has 182 valence electrons. The summed E-state index contributed by atoms with van der Waals surface area (Å²) < 4.78 is 1.67. The fraction of sp³-hybridized carbons (Fsp3) is 0.370. The molecule has 0 amide bonds. The van der Waals surface area contributed by atoms with Gasteiger partial charge < -0.3 is 10.4 Å². The van der Waals surface area contributed by atoms with Gasteiger partial charge in [0.25, 0.3) is 0 Å². The number of aliphatic hydroxyl groups is 1. The molecule has 8 nitrogen and oxygen atoms in total. The second kappa shape index (κ2) is 10.6. The lowest BCUT2D eigenvalue weighted by atomic mass is 9.95. The lowest BCUT2D eigenvalue weighted by Crippen LogP contribution is -2.59. The number of nitrogens with zero attached hydrogens (tertiary/aromatic N) is 6. The van der Waals surface area contributed by atoms with Gasteiger partial charge >= 0.3 is 0 Å². The van der Waals surface area contributed by atoms with Gasteiger partial charge in [0, 0.05) is 19.6 Å². The number of hydrogen-bond donors (Lipinski definition) is 2. The average molecular weight is 472 g/mol. The van der Waals surface area contributed by atoms with E-state index in [1.165, 1.54) is 11.1 Å². The summed E-state index contributed by atoms with van der Waals surface area (Å²) in [5, 5.41) is 13.7. The average Bonchev–Trinajstić information content (AvgIpc) is 3.31. The highest BCUT2D eigenvalue weighted by Gasteiger charge is 2.33. The predicted octanol–water partition coefficient (Wildman–Crippen LogP) is 3.18. The Morgan fingerprint density at radius 2 is 1.69 bits per heavy atom. The molecule has 35 heavy (non-hydrogen) atoms. The van der Waals surface area contributed by atoms with E-state index in [0.29, 0.717) is 17.7 Å². The maximum Gasteiger partial charge on any atom is 0.165 e. The number of benzene rings is 2. The van der Waals surface area contributed by atoms with Crippen molar-refractivity contribution in [3.8, 4) is 0 Å². The molecule has 2 N–H and O–H groups in total. The molecule has 1 aliphatic heterocycles. The standard InChI is InChI=1S/C27H33N7O/c1-3-28-25-18-32(17-24-29-16-23-27(31-24)34(19-30-23)20(2)35)14-15-33(25)26(21-10-6-4-7-11-21)22-12-8-5-9-13-22/h4-13,16,19-20,25-26,28,35H,3,14-15,17-18H2,1-2H3. The van der Waals surface area contributed by atoms with E-state index in [-0.39, 0.29) is 12.2 Å². The van der Waals surface area contributed by atoms with Crippen LogP contribution in [0.4, 0.5) is 0 Å². The van der Waals surface area contributed by atoms with Gasteiger partial charge in [-0.2, -0.15) is 0 Å². The molecule has 1 fully saturated rings. The number of likely N-dealkylation sites (N-methyl/N-ethyl adjacent to an activating group) is 1. The van der Waals surface area contributed by atoms with Crippen LogP contribution >= 0.6 is 0 Å². The van der Waals surface area contributed by atoms with Crippen LogP contribution in [0.3, 0.4) is 0 Å². The summed E-state index contributed by atoms with van der Waals surface area (Å²) in [6.07, 6.45) is 2.86. The fourth-order valence-electron chi connectivity index (χ4n) is 4.98. The first-order valence-corrected chi connectivity index (χ1v) is 12.3. The number of piperazine rings is 1. The van der Waals surface area contributed by atoms with Crippen LogP contribution in [0.5, 0.6) is 0 Å². The van der Waals surface area contributed by atoms with Crippen molar-refractivity contribution in [3.63, 3.8) is 0 Å². The highest BCUT2D eigenvalue weighted by molar-refractivity contribution is 5.69. The zero-order chi connectivity index (χ0) is 24.2. The quantitative estimate of drug-likeness (QED) is 0.408. The summed E-state index contributed by atoms with van der Waals surface area (Å²) in [6.45, 7) is 8.10. The topological polar surface area (TPSA) is 82.3 Å². The van der Waals surface area contributed by atoms with Gasteiger partial charge in [0.15, 0.2) is 5.65 Å². The number of aliphatic hydroxyl groups excluding tert-OH is 1. The van der Waals surface area contributed by atoms with Crippen LogP contribution in [0.25, 0.3) is 11.2 Å². The molecular weight excluding hydrogens is 438 g/mol. The molecule has 8 heteroatoms. The van der Waals surface area contributed by atoms with Crippen LogP contribution in [-0.2, 0) is 6.54 Å². The molecule has 1 saturated heterocycles. The second-order valence-corrected chi connectivity index (χ2v) is 9.05. The van der Waals surface area contributed by atoms with Crippen LogP contribution in [-0.4, -0.2) is 66.8 Å². The summed E-state index contributed by atoms with van der Waals surface area (Å²) in [4.78, 5) is 18.6. The van der Waals surface area contributed by atoms with Crippen LogP contribution < -0.4 is 5.32 Å². The van der Waals surface area contributed by atoms with Gasteiger partial charge in [-0.25, -0.2) is 15.0 Å². The summed E-state index contributed by atoms with van der Waals surface area (Å²) >= 11 is 0. The number of aromatic nitrogens is 4. The van der Waals surface area contributed by atoms with Gasteiger partial charge in [-0.1, -0.05) is 67.6 Å². The zero-order valence-corrected chi connectivity index (χ0v) is 20.3. The van der Waals surface area contributed by atoms with Gasteiger partial charge in [0.05, 0.1) is 31.3 Å². The Hall–Kier alpha value is -3.17. The third kappa shape index (κ3) is 5.11. The third-order valence-electron chi connectivity index (χ3n) is 6.64. The number of hydrogen-bond acceptors (Lipinski definition) is 7. The molecule has 1 aliphatic rings. The summed E-state index contributed by atoms with van der Waals surface area (Å²) in [7, 11) is 0. The molecule has 4 aromatic rings. The van der Waals surface area contributed by atoms with Crippen molar-refractivity contribution in [2.45, 2.75) is 38.8 Å². The van der Waals surface area contributed by atoms with Crippen molar-refractivity contribution in [2.24, 2.45) is 0 Å². The smallest absolute Gasteiger partial charge is 0.165 e. The predicted molar refractivity (Wildman–Crippen MR) is 136 cm³/mol. The monoisotopic (exact) mass is 471 g/mol. The van der Waals surface area contributed by atoms with Crippen molar-refractivity contribution < 1.29 is 5.11 Å². The van der Waals surface area contributed by atoms with E-state index >= 15 is 0 Å². The molecular formula is C27H33N7O. The van der Waals surface area contributed by atoms with Crippen LogP contribution in [0, 0.1) is 0 Å². The Balaban J connectivity index is 1.38. The Morgan fingerprint density at radius 1 is 1.00 bits per heavy atom. The molecule has 3 heterocycles. The van der Waals surface area contributed by atoms with E-state index in [4.69, 9.17) is 4.98 Å². The zero-order valence-electron chi connectivity index (χ0n) is 20.3. The third-order valence-corrected chi connectivity index (χ3v) is 6.64. The minimum Gasteiger partial charge on any atom is -0.373 e. The summed E-state index contributed by atoms with van der Waals surface area (Å²) in [6, 6.07) is 21.7. The molecule has 2 atom stereocenters. The first-order chi connectivity index (χ1) is 17.1. The number of imidazole rings is 1. The van der Waals surface area contributed by atoms with Gasteiger partial charge in [-0.05, 0) is 24.6 Å². The Bertz CT molecular complexity index is 1190. The van der Waals surface area contributed by atoms with Crippen LogP contribution in [0.1, 0.15) is 43.1 Å². The Morgan fingerprint density at radius 3 is 2.31 bits per heavy atom. The lowest BCUT2D eigenvalue weighted by Gasteiger charge is -2.45. The molecule has 0 saturated carbocycles. The highest BCUT2D eigenvalue weighted by Crippen LogP contribution is 2.31. The first kappa shape index (κ1) is 23.6. The van der Waals surface area contributed by atoms with Crippen molar-refractivity contribution in [1.29, 1.82) is 0 Å². The first-order valence-electron chi connectivity index (χ1n) is 12.3. The second-order valence-electron chi connectivity index (χ2n) is 9.05. The lowest BCUT2D eigenvalue weighted by molar-refractivity contribution is 0.0306. The van der Waals surface area contributed by atoms with Crippen LogP contribution in [0.2, 0.25) is 0 Å². The highest BCUT2D eigenvalue weighted by atomic mass is 16.3. The van der Waals surface area contributed by atoms with E-state index in [1.807, 2.05) is 0 Å². The van der Waals surface area contributed by atoms with Crippen molar-refractivity contribution in [3.05, 3.63) is 90.1 Å². The number of nitrogens with one attached hydrogen (secondary N) is 1. The SMILES string of the molecule is CCNC1CN(Cc2ncc3ncn(C(C)O)c3n2)CCN1C(c1ccccc1)c1ccccc1.